The molecule has 1 saturated heterocycles. The summed E-state index contributed by atoms with van der Waals surface area (Å²) in [7, 11) is 7.93. The molecule has 0 aromatic carbocycles. The number of nitrogens with two attached hydrogens (primary N) is 1. The highest BCUT2D eigenvalue weighted by Gasteiger charge is 2.24. The van der Waals surface area contributed by atoms with Gasteiger partial charge in [-0.2, -0.15) is 0 Å². The first-order chi connectivity index (χ1) is 11.4. The summed E-state index contributed by atoms with van der Waals surface area (Å²) in [6.07, 6.45) is 3.38. The van der Waals surface area contributed by atoms with E-state index in [0.717, 1.165) is 43.3 Å². The van der Waals surface area contributed by atoms with Crippen molar-refractivity contribution in [2.75, 3.05) is 46.2 Å². The molecule has 0 bridgehead atoms. The van der Waals surface area contributed by atoms with Crippen molar-refractivity contribution in [3.05, 3.63) is 23.9 Å². The molecule has 2 rings (SSSR count). The summed E-state index contributed by atoms with van der Waals surface area (Å²) in [5.74, 6) is 1.67. The van der Waals surface area contributed by atoms with Crippen LogP contribution in [0.5, 0.6) is 0 Å². The van der Waals surface area contributed by atoms with Crippen LogP contribution < -0.4 is 10.6 Å². The molecule has 7 nitrogen and oxygen atoms in total. The number of nitrogens with zero attached hydrogens (tertiary/aromatic N) is 5. The molecule has 0 unspecified atom stereocenters. The second-order valence-electron chi connectivity index (χ2n) is 6.55. The van der Waals surface area contributed by atoms with Crippen molar-refractivity contribution in [1.29, 1.82) is 0 Å². The number of hydrogen-bond donors (Lipinski definition) is 1. The first-order valence-electron chi connectivity index (χ1n) is 8.27. The van der Waals surface area contributed by atoms with Gasteiger partial charge in [-0.25, -0.2) is 9.98 Å². The van der Waals surface area contributed by atoms with Crippen LogP contribution in [0.25, 0.3) is 0 Å². The van der Waals surface area contributed by atoms with Gasteiger partial charge in [0.2, 0.25) is 5.91 Å². The molecule has 1 aliphatic rings. The molecule has 25 heavy (non-hydrogen) atoms. The first-order valence-corrected chi connectivity index (χ1v) is 8.27. The summed E-state index contributed by atoms with van der Waals surface area (Å²) in [6, 6.07) is 4.00. The Morgan fingerprint density at radius 1 is 1.28 bits per heavy atom. The zero-order valence-corrected chi connectivity index (χ0v) is 17.8. The maximum absolute atomic E-state index is 11.3. The van der Waals surface area contributed by atoms with Crippen LogP contribution in [-0.2, 0) is 11.3 Å². The van der Waals surface area contributed by atoms with Gasteiger partial charge in [0.1, 0.15) is 5.82 Å². The Bertz CT molecular complexity index is 587. The molecule has 1 aliphatic heterocycles. The van der Waals surface area contributed by atoms with Gasteiger partial charge in [0.05, 0.1) is 6.54 Å². The quantitative estimate of drug-likeness (QED) is 0.418. The summed E-state index contributed by atoms with van der Waals surface area (Å²) >= 11 is 0. The van der Waals surface area contributed by atoms with Crippen molar-refractivity contribution in [3.8, 4) is 0 Å². The number of hydrogen-bond acceptors (Lipinski definition) is 4. The van der Waals surface area contributed by atoms with Gasteiger partial charge in [-0.1, -0.05) is 6.07 Å². The van der Waals surface area contributed by atoms with Crippen molar-refractivity contribution in [3.63, 3.8) is 0 Å². The minimum atomic E-state index is -0.192. The summed E-state index contributed by atoms with van der Waals surface area (Å²) < 4.78 is 0. The number of guanidine groups is 1. The Kier molecular flexibility index (Phi) is 8.40. The highest BCUT2D eigenvalue weighted by Crippen LogP contribution is 2.25. The molecule has 2 heterocycles. The molecule has 2 N–H and O–H groups in total. The van der Waals surface area contributed by atoms with E-state index in [1.165, 1.54) is 0 Å². The molecule has 0 radical (unpaired) electrons. The fourth-order valence-electron chi connectivity index (χ4n) is 3.05. The molecule has 1 aromatic rings. The molecule has 0 spiro atoms. The molecule has 0 atom stereocenters. The number of anilines is 1. The number of halogens is 1. The predicted molar refractivity (Wildman–Crippen MR) is 112 cm³/mol. The fourth-order valence-corrected chi connectivity index (χ4v) is 3.05. The molecule has 1 fully saturated rings. The minimum absolute atomic E-state index is 0. The maximum Gasteiger partial charge on any atom is 0.220 e. The molecule has 1 amide bonds. The van der Waals surface area contributed by atoms with E-state index in [4.69, 9.17) is 10.7 Å². The van der Waals surface area contributed by atoms with Crippen molar-refractivity contribution in [2.24, 2.45) is 16.6 Å². The van der Waals surface area contributed by atoms with E-state index in [-0.39, 0.29) is 35.8 Å². The third kappa shape index (κ3) is 5.72. The number of primary amides is 1. The van der Waals surface area contributed by atoms with Crippen molar-refractivity contribution in [1.82, 2.24) is 14.8 Å². The molecule has 1 aromatic heterocycles. The lowest BCUT2D eigenvalue weighted by molar-refractivity contribution is -0.122. The number of carbonyl (C=O) groups excluding carboxylic acids is 1. The summed E-state index contributed by atoms with van der Waals surface area (Å²) in [5.41, 5.74) is 6.51. The Hall–Kier alpha value is -1.58. The zero-order chi connectivity index (χ0) is 17.7. The Labute approximate surface area is 167 Å². The van der Waals surface area contributed by atoms with E-state index in [1.54, 1.807) is 0 Å². The number of aliphatic imine (C=N–C) groups is 1. The van der Waals surface area contributed by atoms with Gasteiger partial charge in [-0.15, -0.1) is 24.0 Å². The molecular weight excluding hydrogens is 431 g/mol. The second-order valence-corrected chi connectivity index (χ2v) is 6.55. The highest BCUT2D eigenvalue weighted by atomic mass is 127. The predicted octanol–water partition coefficient (Wildman–Crippen LogP) is 1.38. The van der Waals surface area contributed by atoms with E-state index in [9.17, 15) is 4.79 Å². The number of aromatic nitrogens is 1. The van der Waals surface area contributed by atoms with Crippen molar-refractivity contribution in [2.45, 2.75) is 19.4 Å². The van der Waals surface area contributed by atoms with E-state index in [2.05, 4.69) is 16.0 Å². The largest absolute Gasteiger partial charge is 0.369 e. The molecule has 0 aliphatic carbocycles. The van der Waals surface area contributed by atoms with Crippen LogP contribution in [0.3, 0.4) is 0 Å². The molecule has 140 valence electrons. The average Bonchev–Trinajstić information content (AvgIpc) is 2.55. The summed E-state index contributed by atoms with van der Waals surface area (Å²) in [4.78, 5) is 26.8. The monoisotopic (exact) mass is 460 g/mol. The van der Waals surface area contributed by atoms with E-state index in [1.807, 2.05) is 50.3 Å². The maximum atomic E-state index is 11.3. The van der Waals surface area contributed by atoms with Crippen molar-refractivity contribution >= 4 is 41.7 Å². The average molecular weight is 460 g/mol. The van der Waals surface area contributed by atoms with Crippen LogP contribution >= 0.6 is 24.0 Å². The van der Waals surface area contributed by atoms with Gasteiger partial charge in [0.15, 0.2) is 5.96 Å². The van der Waals surface area contributed by atoms with E-state index in [0.29, 0.717) is 6.54 Å². The lowest BCUT2D eigenvalue weighted by Crippen LogP contribution is -2.39. The number of amides is 1. The third-order valence-electron chi connectivity index (χ3n) is 4.26. The number of carbonyl (C=O) groups is 1. The minimum Gasteiger partial charge on any atom is -0.369 e. The van der Waals surface area contributed by atoms with Crippen LogP contribution in [0.4, 0.5) is 5.82 Å². The number of pyridine rings is 1. The first kappa shape index (κ1) is 21.5. The summed E-state index contributed by atoms with van der Waals surface area (Å²) in [5, 5.41) is 0. The normalized spacial score (nSPS) is 14.5. The van der Waals surface area contributed by atoms with Crippen LogP contribution in [0.15, 0.2) is 23.3 Å². The SMILES string of the molecule is CN(C)C(=NCc1cccnc1N1CCC(C(N)=O)CC1)N(C)C.I. The number of rotatable bonds is 4. The van der Waals surface area contributed by atoms with Crippen molar-refractivity contribution < 1.29 is 4.79 Å². The van der Waals surface area contributed by atoms with Crippen LogP contribution in [0.1, 0.15) is 18.4 Å². The molecule has 8 heteroatoms. The Morgan fingerprint density at radius 3 is 2.40 bits per heavy atom. The lowest BCUT2D eigenvalue weighted by Gasteiger charge is -2.32. The second kappa shape index (κ2) is 9.79. The van der Waals surface area contributed by atoms with Gasteiger partial charge in [0, 0.05) is 59.0 Å². The Morgan fingerprint density at radius 2 is 1.88 bits per heavy atom. The third-order valence-corrected chi connectivity index (χ3v) is 4.26. The highest BCUT2D eigenvalue weighted by molar-refractivity contribution is 14.0. The van der Waals surface area contributed by atoms with E-state index < -0.39 is 0 Å². The van der Waals surface area contributed by atoms with Crippen LogP contribution in [0.2, 0.25) is 0 Å². The van der Waals surface area contributed by atoms with Crippen LogP contribution in [0, 0.1) is 5.92 Å². The smallest absolute Gasteiger partial charge is 0.220 e. The van der Waals surface area contributed by atoms with Gasteiger partial charge in [-0.05, 0) is 18.9 Å². The van der Waals surface area contributed by atoms with E-state index >= 15 is 0 Å². The van der Waals surface area contributed by atoms with Gasteiger partial charge >= 0.3 is 0 Å². The molecule has 0 saturated carbocycles. The zero-order valence-electron chi connectivity index (χ0n) is 15.5. The van der Waals surface area contributed by atoms with Gasteiger partial charge in [0.25, 0.3) is 0 Å². The van der Waals surface area contributed by atoms with Crippen LogP contribution in [-0.4, -0.2) is 67.9 Å². The number of piperidine rings is 1. The topological polar surface area (TPSA) is 78.1 Å². The standard InChI is InChI=1S/C17H28N6O.HI/c1-21(2)17(22(3)4)20-12-14-6-5-9-19-16(14)23-10-7-13(8-11-23)15(18)24;/h5-6,9,13H,7-8,10-12H2,1-4H3,(H2,18,24);1H. The fraction of sp³-hybridized carbons (Fsp3) is 0.588. The van der Waals surface area contributed by atoms with Gasteiger partial charge in [-0.3, -0.25) is 4.79 Å². The lowest BCUT2D eigenvalue weighted by atomic mass is 9.96. The van der Waals surface area contributed by atoms with Gasteiger partial charge < -0.3 is 20.4 Å². The Balaban J connectivity index is 0.00000312. The summed E-state index contributed by atoms with van der Waals surface area (Å²) in [6.45, 7) is 2.18. The molecular formula is C17H29IN6O.